The van der Waals surface area contributed by atoms with Crippen molar-refractivity contribution in [3.05, 3.63) is 23.4 Å². The first kappa shape index (κ1) is 10.9. The molecule has 0 spiro atoms. The monoisotopic (exact) mass is 235 g/mol. The lowest BCUT2D eigenvalue weighted by molar-refractivity contribution is -0.117. The highest BCUT2D eigenvalue weighted by Gasteiger charge is 2.30. The second kappa shape index (κ2) is 4.11. The van der Waals surface area contributed by atoms with Gasteiger partial charge < -0.3 is 0 Å². The fourth-order valence-electron chi connectivity index (χ4n) is 1.78. The number of aromatic nitrogens is 1. The Balaban J connectivity index is 2.35. The van der Waals surface area contributed by atoms with Gasteiger partial charge in [0.2, 0.25) is 5.91 Å². The first-order chi connectivity index (χ1) is 7.61. The number of halogens is 1. The molecule has 0 aliphatic carbocycles. The summed E-state index contributed by atoms with van der Waals surface area (Å²) in [6.07, 6.45) is 1.82. The summed E-state index contributed by atoms with van der Waals surface area (Å²) in [6, 6.07) is 3.73. The number of carbonyl (C=O) groups is 1. The van der Waals surface area contributed by atoms with Gasteiger partial charge in [-0.15, -0.1) is 11.6 Å². The van der Waals surface area contributed by atoms with Gasteiger partial charge in [-0.25, -0.2) is 4.98 Å². The predicted molar refractivity (Wildman–Crippen MR) is 60.3 cm³/mol. The molecule has 0 saturated carbocycles. The zero-order valence-corrected chi connectivity index (χ0v) is 9.53. The van der Waals surface area contributed by atoms with Gasteiger partial charge in [0.05, 0.1) is 10.9 Å². The molecule has 5 heteroatoms. The number of amides is 1. The van der Waals surface area contributed by atoms with Crippen molar-refractivity contribution in [1.29, 1.82) is 5.26 Å². The van der Waals surface area contributed by atoms with E-state index in [1.165, 1.54) is 6.20 Å². The van der Waals surface area contributed by atoms with E-state index in [2.05, 4.69) is 4.98 Å². The average molecular weight is 236 g/mol. The molecule has 4 nitrogen and oxygen atoms in total. The van der Waals surface area contributed by atoms with Gasteiger partial charge in [-0.3, -0.25) is 9.69 Å². The van der Waals surface area contributed by atoms with Crippen LogP contribution in [0, 0.1) is 18.3 Å². The van der Waals surface area contributed by atoms with Crippen molar-refractivity contribution in [2.75, 3.05) is 11.4 Å². The van der Waals surface area contributed by atoms with E-state index in [-0.39, 0.29) is 11.3 Å². The first-order valence-electron chi connectivity index (χ1n) is 4.93. The van der Waals surface area contributed by atoms with Crippen LogP contribution >= 0.6 is 11.6 Å². The molecule has 1 aromatic rings. The third kappa shape index (κ3) is 1.86. The van der Waals surface area contributed by atoms with Crippen LogP contribution in [0.4, 0.5) is 5.82 Å². The van der Waals surface area contributed by atoms with Crippen molar-refractivity contribution in [3.8, 4) is 6.07 Å². The Labute approximate surface area is 98.5 Å². The molecule has 0 bridgehead atoms. The minimum atomic E-state index is -0.149. The van der Waals surface area contributed by atoms with Crippen LogP contribution in [-0.2, 0) is 4.79 Å². The summed E-state index contributed by atoms with van der Waals surface area (Å²) in [5.74, 6) is 0.590. The molecule has 1 aromatic heterocycles. The lowest BCUT2D eigenvalue weighted by atomic mass is 10.2. The zero-order valence-electron chi connectivity index (χ0n) is 8.77. The Morgan fingerprint density at radius 2 is 2.44 bits per heavy atom. The summed E-state index contributed by atoms with van der Waals surface area (Å²) >= 11 is 5.92. The molecule has 0 aromatic carbocycles. The SMILES string of the molecule is Cc1cc(C#N)cnc1N1CC(Cl)CC1=O. The minimum Gasteiger partial charge on any atom is -0.295 e. The number of rotatable bonds is 1. The van der Waals surface area contributed by atoms with E-state index in [4.69, 9.17) is 16.9 Å². The standard InChI is InChI=1S/C11H10ClN3O/c1-7-2-8(4-13)5-14-11(7)15-6-9(12)3-10(15)16/h2,5,9H,3,6H2,1H3. The van der Waals surface area contributed by atoms with Crippen LogP contribution in [0.1, 0.15) is 17.5 Å². The topological polar surface area (TPSA) is 57.0 Å². The van der Waals surface area contributed by atoms with Gasteiger partial charge in [-0.1, -0.05) is 0 Å². The van der Waals surface area contributed by atoms with Crippen LogP contribution in [0.5, 0.6) is 0 Å². The van der Waals surface area contributed by atoms with Crippen molar-refractivity contribution in [3.63, 3.8) is 0 Å². The lowest BCUT2D eigenvalue weighted by Gasteiger charge is -2.16. The fourth-order valence-corrected chi connectivity index (χ4v) is 2.05. The quantitative estimate of drug-likeness (QED) is 0.695. The molecule has 1 aliphatic heterocycles. The van der Waals surface area contributed by atoms with E-state index in [0.717, 1.165) is 5.56 Å². The largest absolute Gasteiger partial charge is 0.295 e. The first-order valence-corrected chi connectivity index (χ1v) is 5.36. The van der Waals surface area contributed by atoms with Crippen LogP contribution < -0.4 is 4.90 Å². The molecule has 2 rings (SSSR count). The highest BCUT2D eigenvalue weighted by molar-refractivity contribution is 6.24. The maximum atomic E-state index is 11.6. The van der Waals surface area contributed by atoms with Gasteiger partial charge >= 0.3 is 0 Å². The molecule has 16 heavy (non-hydrogen) atoms. The van der Waals surface area contributed by atoms with E-state index < -0.39 is 0 Å². The van der Waals surface area contributed by atoms with Gasteiger partial charge in [-0.2, -0.15) is 5.26 Å². The van der Waals surface area contributed by atoms with E-state index in [9.17, 15) is 4.79 Å². The molecule has 82 valence electrons. The van der Waals surface area contributed by atoms with Crippen molar-refractivity contribution in [1.82, 2.24) is 4.98 Å². The Morgan fingerprint density at radius 1 is 1.69 bits per heavy atom. The van der Waals surface area contributed by atoms with Crippen molar-refractivity contribution >= 4 is 23.3 Å². The third-order valence-corrected chi connectivity index (χ3v) is 2.81. The molecule has 1 aliphatic rings. The summed E-state index contributed by atoms with van der Waals surface area (Å²) in [4.78, 5) is 17.3. The molecule has 2 heterocycles. The zero-order chi connectivity index (χ0) is 11.7. The van der Waals surface area contributed by atoms with Crippen molar-refractivity contribution < 1.29 is 4.79 Å². The number of hydrogen-bond acceptors (Lipinski definition) is 3. The van der Waals surface area contributed by atoms with E-state index in [1.807, 2.05) is 13.0 Å². The Hall–Kier alpha value is -1.60. The number of hydrogen-bond donors (Lipinski definition) is 0. The third-order valence-electron chi connectivity index (χ3n) is 2.51. The van der Waals surface area contributed by atoms with E-state index in [1.54, 1.807) is 11.0 Å². The van der Waals surface area contributed by atoms with Crippen molar-refractivity contribution in [2.24, 2.45) is 0 Å². The van der Waals surface area contributed by atoms with Gasteiger partial charge in [0.15, 0.2) is 0 Å². The summed E-state index contributed by atoms with van der Waals surface area (Å²) < 4.78 is 0. The molecular formula is C11H10ClN3O. The fraction of sp³-hybridized carbons (Fsp3) is 0.364. The minimum absolute atomic E-state index is 0.0136. The molecule has 0 N–H and O–H groups in total. The highest BCUT2D eigenvalue weighted by atomic mass is 35.5. The van der Waals surface area contributed by atoms with Crippen LogP contribution in [0.2, 0.25) is 0 Å². The number of aryl methyl sites for hydroxylation is 1. The summed E-state index contributed by atoms with van der Waals surface area (Å²) in [5.41, 5.74) is 1.31. The predicted octanol–water partition coefficient (Wildman–Crippen LogP) is 1.61. The highest BCUT2D eigenvalue weighted by Crippen LogP contribution is 2.25. The Morgan fingerprint density at radius 3 is 2.94 bits per heavy atom. The molecule has 1 atom stereocenters. The number of carbonyl (C=O) groups excluding carboxylic acids is 1. The van der Waals surface area contributed by atoms with E-state index in [0.29, 0.717) is 24.3 Å². The van der Waals surface area contributed by atoms with Gasteiger partial charge in [0.25, 0.3) is 0 Å². The van der Waals surface area contributed by atoms with Gasteiger partial charge in [0, 0.05) is 19.2 Å². The Bertz CT molecular complexity index is 481. The molecule has 0 radical (unpaired) electrons. The molecular weight excluding hydrogens is 226 g/mol. The maximum Gasteiger partial charge on any atom is 0.229 e. The van der Waals surface area contributed by atoms with E-state index >= 15 is 0 Å². The van der Waals surface area contributed by atoms with Gasteiger partial charge in [0.1, 0.15) is 11.9 Å². The number of anilines is 1. The van der Waals surface area contributed by atoms with Crippen LogP contribution in [0.25, 0.3) is 0 Å². The Kier molecular flexibility index (Phi) is 2.80. The number of nitrogens with zero attached hydrogens (tertiary/aromatic N) is 3. The average Bonchev–Trinajstić information content (AvgIpc) is 2.57. The van der Waals surface area contributed by atoms with Crippen LogP contribution in [-0.4, -0.2) is 22.8 Å². The number of pyridine rings is 1. The molecule has 1 unspecified atom stereocenters. The summed E-state index contributed by atoms with van der Waals surface area (Å²) in [5, 5.41) is 8.57. The molecule has 1 saturated heterocycles. The second-order valence-corrected chi connectivity index (χ2v) is 4.40. The second-order valence-electron chi connectivity index (χ2n) is 3.78. The summed E-state index contributed by atoms with van der Waals surface area (Å²) in [7, 11) is 0. The smallest absolute Gasteiger partial charge is 0.229 e. The summed E-state index contributed by atoms with van der Waals surface area (Å²) in [6.45, 7) is 2.32. The van der Waals surface area contributed by atoms with Crippen LogP contribution in [0.15, 0.2) is 12.3 Å². The maximum absolute atomic E-state index is 11.6. The van der Waals surface area contributed by atoms with Gasteiger partial charge in [-0.05, 0) is 18.6 Å². The lowest BCUT2D eigenvalue weighted by Crippen LogP contribution is -2.26. The van der Waals surface area contributed by atoms with Crippen molar-refractivity contribution in [2.45, 2.75) is 18.7 Å². The molecule has 1 fully saturated rings. The normalized spacial score (nSPS) is 19.9. The van der Waals surface area contributed by atoms with Crippen LogP contribution in [0.3, 0.4) is 0 Å². The number of nitriles is 1. The molecule has 1 amide bonds. The number of alkyl halides is 1.